The van der Waals surface area contributed by atoms with E-state index in [9.17, 15) is 14.4 Å². The van der Waals surface area contributed by atoms with Gasteiger partial charge in [-0.05, 0) is 0 Å². The van der Waals surface area contributed by atoms with Gasteiger partial charge in [0.15, 0.2) is 0 Å². The van der Waals surface area contributed by atoms with Gasteiger partial charge >= 0.3 is 0 Å². The molecule has 0 aromatic carbocycles. The summed E-state index contributed by atoms with van der Waals surface area (Å²) in [6, 6.07) is 0. The van der Waals surface area contributed by atoms with Crippen LogP contribution in [0, 0.1) is 0 Å². The van der Waals surface area contributed by atoms with Crippen LogP contribution in [0.2, 0.25) is 0 Å². The predicted molar refractivity (Wildman–Crippen MR) is 99.6 cm³/mol. The third-order valence-electron chi connectivity index (χ3n) is 2.93. The molecule has 3 amide bonds. The molecule has 146 valence electrons. The molecule has 25 heavy (non-hydrogen) atoms. The summed E-state index contributed by atoms with van der Waals surface area (Å²) < 4.78 is 0. The number of carbonyl (C=O) groups excluding carboxylic acids is 4. The van der Waals surface area contributed by atoms with E-state index in [1.807, 2.05) is 39.4 Å². The zero-order valence-electron chi connectivity index (χ0n) is 16.0. The molecule has 1 aliphatic rings. The highest BCUT2D eigenvalue weighted by molar-refractivity contribution is 5.89. The zero-order chi connectivity index (χ0) is 20.3. The number of nitrogens with zero attached hydrogens (tertiary/aromatic N) is 2. The number of hydrogen-bond acceptors (Lipinski definition) is 5. The Kier molecular flexibility index (Phi) is 21.9. The molecule has 1 aliphatic heterocycles. The molecule has 0 aliphatic carbocycles. The Morgan fingerprint density at radius 1 is 1.04 bits per heavy atom. The van der Waals surface area contributed by atoms with Crippen LogP contribution >= 0.6 is 0 Å². The Bertz CT molecular complexity index is 382. The van der Waals surface area contributed by atoms with Crippen molar-refractivity contribution >= 4 is 24.5 Å². The van der Waals surface area contributed by atoms with E-state index in [0.717, 1.165) is 0 Å². The van der Waals surface area contributed by atoms with Crippen LogP contribution in [0.1, 0.15) is 40.5 Å². The fraction of sp³-hybridized carbons (Fsp3) is 0.647. The lowest BCUT2D eigenvalue weighted by molar-refractivity contribution is -0.125. The second-order valence-electron chi connectivity index (χ2n) is 4.46. The Morgan fingerprint density at radius 3 is 1.80 bits per heavy atom. The molecule has 0 spiro atoms. The van der Waals surface area contributed by atoms with Crippen molar-refractivity contribution in [1.29, 1.82) is 0 Å². The largest absolute Gasteiger partial charge is 0.370 e. The topological polar surface area (TPSA) is 127 Å². The van der Waals surface area contributed by atoms with Gasteiger partial charge in [-0.15, -0.1) is 0 Å². The van der Waals surface area contributed by atoms with Crippen LogP contribution < -0.4 is 11.5 Å². The first kappa shape index (κ1) is 27.6. The van der Waals surface area contributed by atoms with E-state index < -0.39 is 0 Å². The van der Waals surface area contributed by atoms with Crippen LogP contribution in [0.4, 0.5) is 0 Å². The molecule has 0 unspecified atom stereocenters. The number of amides is 3. The standard InChI is InChI=1S/C12H20N4O3.2C2H6.CH2O/c13-10(17)3-6-15(7-4-11(14)18)8-9-16-5-1-2-12(16)19;3*1-2/h1-2H,3-9H2,(H2,13,17)(H2,14,18);2*1-2H3;1H2. The summed E-state index contributed by atoms with van der Waals surface area (Å²) >= 11 is 0. The van der Waals surface area contributed by atoms with Crippen LogP contribution in [-0.2, 0) is 19.2 Å². The molecule has 0 bridgehead atoms. The molecule has 0 atom stereocenters. The van der Waals surface area contributed by atoms with Crippen molar-refractivity contribution in [2.75, 3.05) is 32.7 Å². The van der Waals surface area contributed by atoms with Crippen molar-refractivity contribution in [3.8, 4) is 0 Å². The maximum atomic E-state index is 11.4. The summed E-state index contributed by atoms with van der Waals surface area (Å²) in [4.78, 5) is 44.6. The number of rotatable bonds is 9. The van der Waals surface area contributed by atoms with Crippen molar-refractivity contribution in [2.24, 2.45) is 11.5 Å². The third-order valence-corrected chi connectivity index (χ3v) is 2.93. The predicted octanol–water partition coefficient (Wildman–Crippen LogP) is 0.305. The third kappa shape index (κ3) is 16.4. The van der Waals surface area contributed by atoms with Gasteiger partial charge in [-0.1, -0.05) is 33.8 Å². The first-order valence-corrected chi connectivity index (χ1v) is 8.52. The number of carbonyl (C=O) groups is 4. The lowest BCUT2D eigenvalue weighted by Crippen LogP contribution is -2.38. The Hall–Kier alpha value is -2.22. The summed E-state index contributed by atoms with van der Waals surface area (Å²) in [5.74, 6) is -0.782. The van der Waals surface area contributed by atoms with E-state index in [0.29, 0.717) is 32.7 Å². The number of hydrogen-bond donors (Lipinski definition) is 2. The van der Waals surface area contributed by atoms with Crippen LogP contribution in [0.3, 0.4) is 0 Å². The van der Waals surface area contributed by atoms with Gasteiger partial charge in [-0.2, -0.15) is 0 Å². The van der Waals surface area contributed by atoms with E-state index in [4.69, 9.17) is 16.3 Å². The van der Waals surface area contributed by atoms with Gasteiger partial charge in [-0.25, -0.2) is 0 Å². The quantitative estimate of drug-likeness (QED) is 0.613. The van der Waals surface area contributed by atoms with E-state index >= 15 is 0 Å². The molecule has 1 heterocycles. The summed E-state index contributed by atoms with van der Waals surface area (Å²) in [6.45, 7) is 12.7. The van der Waals surface area contributed by atoms with Gasteiger partial charge in [0.25, 0.3) is 0 Å². The number of primary amides is 2. The molecule has 8 nitrogen and oxygen atoms in total. The van der Waals surface area contributed by atoms with E-state index in [-0.39, 0.29) is 30.6 Å². The fourth-order valence-corrected chi connectivity index (χ4v) is 1.81. The molecule has 8 heteroatoms. The second kappa shape index (κ2) is 19.8. The minimum atomic E-state index is -0.386. The average molecular weight is 358 g/mol. The van der Waals surface area contributed by atoms with Crippen molar-refractivity contribution in [3.05, 3.63) is 12.2 Å². The molecule has 0 aromatic rings. The van der Waals surface area contributed by atoms with Crippen molar-refractivity contribution < 1.29 is 19.2 Å². The van der Waals surface area contributed by atoms with Gasteiger partial charge in [-0.3, -0.25) is 14.4 Å². The highest BCUT2D eigenvalue weighted by Crippen LogP contribution is 2.02. The summed E-state index contributed by atoms with van der Waals surface area (Å²) in [5, 5.41) is 0. The van der Waals surface area contributed by atoms with Crippen LogP contribution in [0.5, 0.6) is 0 Å². The van der Waals surface area contributed by atoms with Gasteiger partial charge in [0.1, 0.15) is 6.79 Å². The molecule has 1 rings (SSSR count). The van der Waals surface area contributed by atoms with E-state index in [1.54, 1.807) is 11.0 Å². The molecule has 0 saturated heterocycles. The summed E-state index contributed by atoms with van der Waals surface area (Å²) in [5.41, 5.74) is 10.2. The minimum absolute atomic E-state index is 0.00949. The molecule has 0 aromatic heterocycles. The minimum Gasteiger partial charge on any atom is -0.370 e. The molecular formula is C17H34N4O4. The Morgan fingerprint density at radius 2 is 1.48 bits per heavy atom. The van der Waals surface area contributed by atoms with Crippen molar-refractivity contribution in [2.45, 2.75) is 40.5 Å². The van der Waals surface area contributed by atoms with Gasteiger partial charge in [0.2, 0.25) is 17.7 Å². The first-order valence-electron chi connectivity index (χ1n) is 8.52. The maximum Gasteiger partial charge on any atom is 0.246 e. The molecular weight excluding hydrogens is 324 g/mol. The van der Waals surface area contributed by atoms with Crippen molar-refractivity contribution in [3.63, 3.8) is 0 Å². The van der Waals surface area contributed by atoms with E-state index in [1.165, 1.54) is 6.08 Å². The average Bonchev–Trinajstić information content (AvgIpc) is 3.04. The van der Waals surface area contributed by atoms with Crippen LogP contribution in [0.25, 0.3) is 0 Å². The second-order valence-corrected chi connectivity index (χ2v) is 4.46. The summed E-state index contributed by atoms with van der Waals surface area (Å²) in [6.07, 6.45) is 3.80. The van der Waals surface area contributed by atoms with Gasteiger partial charge in [0, 0.05) is 51.6 Å². The molecule has 4 N–H and O–H groups in total. The highest BCUT2D eigenvalue weighted by atomic mass is 16.2. The number of nitrogens with two attached hydrogens (primary N) is 2. The van der Waals surface area contributed by atoms with E-state index in [2.05, 4.69) is 0 Å². The SMILES string of the molecule is C=O.CC.CC.NC(=O)CCN(CCC(N)=O)CCN1CC=CC1=O. The Labute approximate surface area is 151 Å². The lowest BCUT2D eigenvalue weighted by atomic mass is 10.3. The lowest BCUT2D eigenvalue weighted by Gasteiger charge is -2.24. The Balaban J connectivity index is -0.000000725. The van der Waals surface area contributed by atoms with Crippen molar-refractivity contribution in [1.82, 2.24) is 9.80 Å². The fourth-order valence-electron chi connectivity index (χ4n) is 1.81. The first-order chi connectivity index (χ1) is 12.0. The normalized spacial score (nSPS) is 11.6. The smallest absolute Gasteiger partial charge is 0.246 e. The van der Waals surface area contributed by atoms with Crippen LogP contribution in [-0.4, -0.2) is 67.0 Å². The molecule has 0 radical (unpaired) electrons. The summed E-state index contributed by atoms with van der Waals surface area (Å²) in [7, 11) is 0. The molecule has 0 fully saturated rings. The van der Waals surface area contributed by atoms with Gasteiger partial charge in [0.05, 0.1) is 0 Å². The van der Waals surface area contributed by atoms with Gasteiger partial charge < -0.3 is 26.1 Å². The van der Waals surface area contributed by atoms with Crippen LogP contribution in [0.15, 0.2) is 12.2 Å². The monoisotopic (exact) mass is 358 g/mol. The molecule has 0 saturated carbocycles. The maximum absolute atomic E-state index is 11.4. The highest BCUT2D eigenvalue weighted by Gasteiger charge is 2.16. The zero-order valence-corrected chi connectivity index (χ0v) is 16.0.